The number of ether oxygens (including phenoxy) is 3. The van der Waals surface area contributed by atoms with Gasteiger partial charge in [-0.05, 0) is 24.3 Å². The molecule has 32 heavy (non-hydrogen) atoms. The SMILES string of the molecule is COc1ncc(-c2ccn3nc(NC(=O)NCCOc4cccnc4)cc3c2)nc1OC. The van der Waals surface area contributed by atoms with Gasteiger partial charge in [0.15, 0.2) is 5.82 Å². The van der Waals surface area contributed by atoms with E-state index in [0.29, 0.717) is 42.2 Å². The highest BCUT2D eigenvalue weighted by Gasteiger charge is 2.12. The third-order valence-corrected chi connectivity index (χ3v) is 4.39. The summed E-state index contributed by atoms with van der Waals surface area (Å²) in [6, 6.07) is 8.68. The molecule has 0 bridgehead atoms. The summed E-state index contributed by atoms with van der Waals surface area (Å²) in [6.07, 6.45) is 6.65. The maximum Gasteiger partial charge on any atom is 0.320 e. The fraction of sp³-hybridized carbons (Fsp3) is 0.190. The van der Waals surface area contributed by atoms with Gasteiger partial charge in [0.2, 0.25) is 0 Å². The fourth-order valence-corrected chi connectivity index (χ4v) is 2.91. The van der Waals surface area contributed by atoms with E-state index in [-0.39, 0.29) is 6.03 Å². The van der Waals surface area contributed by atoms with Gasteiger partial charge >= 0.3 is 6.03 Å². The average molecular weight is 435 g/mol. The van der Waals surface area contributed by atoms with E-state index in [1.165, 1.54) is 14.2 Å². The van der Waals surface area contributed by atoms with Crippen LogP contribution in [0.4, 0.5) is 10.6 Å². The predicted octanol–water partition coefficient (Wildman–Crippen LogP) is 2.40. The van der Waals surface area contributed by atoms with Crippen molar-refractivity contribution in [2.45, 2.75) is 0 Å². The smallest absolute Gasteiger partial charge is 0.320 e. The first kappa shape index (κ1) is 20.8. The fourth-order valence-electron chi connectivity index (χ4n) is 2.91. The topological polar surface area (TPSA) is 125 Å². The number of aromatic nitrogens is 5. The number of nitrogens with one attached hydrogen (secondary N) is 2. The van der Waals surface area contributed by atoms with Gasteiger partial charge in [-0.25, -0.2) is 19.3 Å². The van der Waals surface area contributed by atoms with E-state index in [1.807, 2.05) is 12.1 Å². The summed E-state index contributed by atoms with van der Waals surface area (Å²) in [5.74, 6) is 1.66. The average Bonchev–Trinajstić information content (AvgIpc) is 3.23. The number of nitrogens with zero attached hydrogens (tertiary/aromatic N) is 5. The van der Waals surface area contributed by atoms with Crippen molar-refractivity contribution < 1.29 is 19.0 Å². The van der Waals surface area contributed by atoms with E-state index in [0.717, 1.165) is 11.1 Å². The van der Waals surface area contributed by atoms with Crippen molar-refractivity contribution in [1.29, 1.82) is 0 Å². The van der Waals surface area contributed by atoms with Crippen molar-refractivity contribution in [3.63, 3.8) is 0 Å². The van der Waals surface area contributed by atoms with Crippen LogP contribution in [0, 0.1) is 0 Å². The van der Waals surface area contributed by atoms with Gasteiger partial charge in [-0.1, -0.05) is 0 Å². The standard InChI is InChI=1S/C21H21N7O4/c1-30-19-20(31-2)25-17(13-24-19)14-5-8-28-15(10-14)11-18(27-28)26-21(29)23-7-9-32-16-4-3-6-22-12-16/h3-6,8,10-13H,7,9H2,1-2H3,(H2,23,26,27,29). The number of anilines is 1. The minimum Gasteiger partial charge on any atom is -0.490 e. The largest absolute Gasteiger partial charge is 0.490 e. The molecule has 0 unspecified atom stereocenters. The predicted molar refractivity (Wildman–Crippen MR) is 116 cm³/mol. The van der Waals surface area contributed by atoms with Crippen molar-refractivity contribution in [2.24, 2.45) is 0 Å². The summed E-state index contributed by atoms with van der Waals surface area (Å²) < 4.78 is 17.5. The highest BCUT2D eigenvalue weighted by Crippen LogP contribution is 2.26. The van der Waals surface area contributed by atoms with Crippen LogP contribution in [0.5, 0.6) is 17.5 Å². The van der Waals surface area contributed by atoms with Gasteiger partial charge in [0.25, 0.3) is 11.8 Å². The van der Waals surface area contributed by atoms with Crippen molar-refractivity contribution in [1.82, 2.24) is 29.9 Å². The number of fused-ring (bicyclic) bond motifs is 1. The minimum atomic E-state index is -0.380. The molecule has 0 atom stereocenters. The number of amides is 2. The first-order valence-corrected chi connectivity index (χ1v) is 9.69. The summed E-state index contributed by atoms with van der Waals surface area (Å²) in [5.41, 5.74) is 2.20. The lowest BCUT2D eigenvalue weighted by Gasteiger charge is -2.07. The van der Waals surface area contributed by atoms with E-state index < -0.39 is 0 Å². The molecule has 4 aromatic rings. The zero-order valence-electron chi connectivity index (χ0n) is 17.5. The summed E-state index contributed by atoms with van der Waals surface area (Å²) in [7, 11) is 3.01. The quantitative estimate of drug-likeness (QED) is 0.404. The Kier molecular flexibility index (Phi) is 6.25. The third-order valence-electron chi connectivity index (χ3n) is 4.39. The maximum absolute atomic E-state index is 12.1. The summed E-state index contributed by atoms with van der Waals surface area (Å²) >= 11 is 0. The molecule has 11 nitrogen and oxygen atoms in total. The molecule has 4 heterocycles. The van der Waals surface area contributed by atoms with Crippen molar-refractivity contribution in [3.05, 3.63) is 55.1 Å². The normalized spacial score (nSPS) is 10.6. The van der Waals surface area contributed by atoms with E-state index in [9.17, 15) is 4.79 Å². The van der Waals surface area contributed by atoms with Crippen LogP contribution >= 0.6 is 0 Å². The van der Waals surface area contributed by atoms with Gasteiger partial charge in [-0.15, -0.1) is 5.10 Å². The number of hydrogen-bond acceptors (Lipinski definition) is 8. The molecule has 0 aromatic carbocycles. The van der Waals surface area contributed by atoms with Gasteiger partial charge in [0.05, 0.1) is 44.4 Å². The highest BCUT2D eigenvalue weighted by atomic mass is 16.5. The van der Waals surface area contributed by atoms with Crippen LogP contribution in [-0.2, 0) is 0 Å². The zero-order chi connectivity index (χ0) is 22.3. The number of rotatable bonds is 8. The Bertz CT molecular complexity index is 1210. The van der Waals surface area contributed by atoms with Gasteiger partial charge in [-0.2, -0.15) is 0 Å². The molecule has 4 rings (SSSR count). The van der Waals surface area contributed by atoms with Crippen LogP contribution in [0.3, 0.4) is 0 Å². The number of hydrogen-bond donors (Lipinski definition) is 2. The van der Waals surface area contributed by atoms with Crippen LogP contribution in [0.25, 0.3) is 16.8 Å². The van der Waals surface area contributed by atoms with Crippen molar-refractivity contribution in [3.8, 4) is 28.8 Å². The summed E-state index contributed by atoms with van der Waals surface area (Å²) in [4.78, 5) is 24.7. The Morgan fingerprint density at radius 3 is 2.78 bits per heavy atom. The molecule has 0 saturated heterocycles. The Hall–Kier alpha value is -4.41. The van der Waals surface area contributed by atoms with Gasteiger partial charge in [-0.3, -0.25) is 10.3 Å². The van der Waals surface area contributed by atoms with Crippen LogP contribution in [0.1, 0.15) is 0 Å². The lowest BCUT2D eigenvalue weighted by molar-refractivity contribution is 0.247. The van der Waals surface area contributed by atoms with Crippen molar-refractivity contribution in [2.75, 3.05) is 32.7 Å². The van der Waals surface area contributed by atoms with Crippen LogP contribution in [-0.4, -0.2) is 58.0 Å². The summed E-state index contributed by atoms with van der Waals surface area (Å²) in [5, 5.41) is 9.77. The lowest BCUT2D eigenvalue weighted by atomic mass is 10.2. The lowest BCUT2D eigenvalue weighted by Crippen LogP contribution is -2.32. The minimum absolute atomic E-state index is 0.296. The van der Waals surface area contributed by atoms with Gasteiger partial charge < -0.3 is 19.5 Å². The van der Waals surface area contributed by atoms with E-state index in [1.54, 1.807) is 47.5 Å². The third kappa shape index (κ3) is 4.83. The maximum atomic E-state index is 12.1. The summed E-state index contributed by atoms with van der Waals surface area (Å²) in [6.45, 7) is 0.649. The van der Waals surface area contributed by atoms with Crippen LogP contribution < -0.4 is 24.8 Å². The number of carbonyl (C=O) groups excluding carboxylic acids is 1. The molecule has 11 heteroatoms. The molecule has 0 aliphatic heterocycles. The Balaban J connectivity index is 1.38. The van der Waals surface area contributed by atoms with Gasteiger partial charge in [0, 0.05) is 24.0 Å². The Labute approximate surface area is 183 Å². The van der Waals surface area contributed by atoms with Gasteiger partial charge in [0.1, 0.15) is 12.4 Å². The molecule has 0 radical (unpaired) electrons. The van der Waals surface area contributed by atoms with E-state index in [4.69, 9.17) is 14.2 Å². The number of pyridine rings is 2. The molecule has 0 aliphatic rings. The molecule has 2 amide bonds. The van der Waals surface area contributed by atoms with Crippen LogP contribution in [0.2, 0.25) is 0 Å². The molecular weight excluding hydrogens is 414 g/mol. The number of urea groups is 1. The first-order chi connectivity index (χ1) is 15.7. The first-order valence-electron chi connectivity index (χ1n) is 9.69. The Morgan fingerprint density at radius 2 is 2.00 bits per heavy atom. The monoisotopic (exact) mass is 435 g/mol. The van der Waals surface area contributed by atoms with E-state index in [2.05, 4.69) is 30.7 Å². The Morgan fingerprint density at radius 1 is 1.12 bits per heavy atom. The molecule has 164 valence electrons. The number of carbonyl (C=O) groups is 1. The molecule has 0 spiro atoms. The molecule has 4 aromatic heterocycles. The van der Waals surface area contributed by atoms with Crippen molar-refractivity contribution >= 4 is 17.4 Å². The molecule has 0 saturated carbocycles. The van der Waals surface area contributed by atoms with Crippen LogP contribution in [0.15, 0.2) is 55.1 Å². The molecular formula is C21H21N7O4. The molecule has 2 N–H and O–H groups in total. The second-order valence-corrected chi connectivity index (χ2v) is 6.51. The molecule has 0 aliphatic carbocycles. The zero-order valence-corrected chi connectivity index (χ0v) is 17.5. The second-order valence-electron chi connectivity index (χ2n) is 6.51. The van der Waals surface area contributed by atoms with E-state index >= 15 is 0 Å². The number of methoxy groups -OCH3 is 2. The highest BCUT2D eigenvalue weighted by molar-refractivity contribution is 5.89. The molecule has 0 fully saturated rings. The second kappa shape index (κ2) is 9.60.